The number of carbonyl (C=O) groups excluding carboxylic acids is 1. The molecule has 3 aliphatic rings. The lowest BCUT2D eigenvalue weighted by Gasteiger charge is -2.45. The van der Waals surface area contributed by atoms with Crippen molar-refractivity contribution in [3.05, 3.63) is 35.9 Å². The third-order valence-electron chi connectivity index (χ3n) is 6.65. The normalized spacial score (nSPS) is 26.6. The van der Waals surface area contributed by atoms with Crippen molar-refractivity contribution in [3.8, 4) is 0 Å². The number of piperidine rings is 1. The van der Waals surface area contributed by atoms with E-state index in [1.165, 1.54) is 9.87 Å². The van der Waals surface area contributed by atoms with E-state index in [0.717, 1.165) is 25.5 Å². The van der Waals surface area contributed by atoms with Gasteiger partial charge in [-0.3, -0.25) is 9.69 Å². The average Bonchev–Trinajstić information content (AvgIpc) is 2.95. The Balaban J connectivity index is 1.35. The van der Waals surface area contributed by atoms with Crippen LogP contribution in [0.3, 0.4) is 0 Å². The molecule has 0 N–H and O–H groups in total. The standard InChI is InChI=1S/C21H29F2N3O3S/c1-30(28,29)25-13-18(14-25)26-15-21(22,23)12-19(26)20(27)24-9-7-17(8-10-24)11-16-5-3-2-4-6-16/h2-6,17-19H,7-15H2,1H3/t19-/m0/s1. The van der Waals surface area contributed by atoms with Crippen LogP contribution < -0.4 is 0 Å². The molecule has 3 heterocycles. The zero-order valence-electron chi connectivity index (χ0n) is 17.2. The van der Waals surface area contributed by atoms with Gasteiger partial charge in [-0.1, -0.05) is 30.3 Å². The van der Waals surface area contributed by atoms with Crippen molar-refractivity contribution in [2.45, 2.75) is 43.7 Å². The van der Waals surface area contributed by atoms with E-state index >= 15 is 0 Å². The zero-order valence-corrected chi connectivity index (χ0v) is 18.0. The van der Waals surface area contributed by atoms with Crippen molar-refractivity contribution in [1.82, 2.24) is 14.1 Å². The monoisotopic (exact) mass is 441 g/mol. The summed E-state index contributed by atoms with van der Waals surface area (Å²) in [4.78, 5) is 16.4. The van der Waals surface area contributed by atoms with Crippen molar-refractivity contribution >= 4 is 15.9 Å². The first-order chi connectivity index (χ1) is 14.1. The highest BCUT2D eigenvalue weighted by atomic mass is 32.2. The van der Waals surface area contributed by atoms with E-state index in [2.05, 4.69) is 12.1 Å². The number of hydrogen-bond acceptors (Lipinski definition) is 4. The molecular weight excluding hydrogens is 412 g/mol. The van der Waals surface area contributed by atoms with Crippen LogP contribution in [0, 0.1) is 5.92 Å². The highest BCUT2D eigenvalue weighted by Gasteiger charge is 2.53. The summed E-state index contributed by atoms with van der Waals surface area (Å²) < 4.78 is 52.9. The number of rotatable bonds is 5. The van der Waals surface area contributed by atoms with E-state index in [-0.39, 0.29) is 25.0 Å². The van der Waals surface area contributed by atoms with Crippen molar-refractivity contribution in [2.75, 3.05) is 39.0 Å². The molecule has 0 saturated carbocycles. The van der Waals surface area contributed by atoms with Crippen molar-refractivity contribution in [1.29, 1.82) is 0 Å². The van der Waals surface area contributed by atoms with Gasteiger partial charge in [0.1, 0.15) is 0 Å². The molecule has 1 aromatic rings. The van der Waals surface area contributed by atoms with E-state index in [1.807, 2.05) is 18.2 Å². The second-order valence-electron chi connectivity index (χ2n) is 8.94. The summed E-state index contributed by atoms with van der Waals surface area (Å²) in [5, 5.41) is 0. The number of likely N-dealkylation sites (tertiary alicyclic amines) is 2. The number of benzene rings is 1. The number of alkyl halides is 2. The molecule has 0 spiro atoms. The van der Waals surface area contributed by atoms with Crippen LogP contribution in [0.25, 0.3) is 0 Å². The largest absolute Gasteiger partial charge is 0.341 e. The van der Waals surface area contributed by atoms with Gasteiger partial charge in [0.25, 0.3) is 5.92 Å². The molecule has 166 valence electrons. The fraction of sp³-hybridized carbons (Fsp3) is 0.667. The topological polar surface area (TPSA) is 60.9 Å². The van der Waals surface area contributed by atoms with Gasteiger partial charge >= 0.3 is 0 Å². The SMILES string of the molecule is CS(=O)(=O)N1CC(N2CC(F)(F)C[C@H]2C(=O)N2CCC(Cc3ccccc3)CC2)C1. The minimum atomic E-state index is -3.32. The van der Waals surface area contributed by atoms with Crippen LogP contribution in [0.4, 0.5) is 8.78 Å². The zero-order chi connectivity index (χ0) is 21.5. The number of nitrogens with zero attached hydrogens (tertiary/aromatic N) is 3. The Bertz CT molecular complexity index is 867. The lowest BCUT2D eigenvalue weighted by atomic mass is 9.90. The van der Waals surface area contributed by atoms with Gasteiger partial charge in [0.15, 0.2) is 0 Å². The number of amides is 1. The Morgan fingerprint density at radius 3 is 2.37 bits per heavy atom. The van der Waals surface area contributed by atoms with Crippen molar-refractivity contribution in [2.24, 2.45) is 5.92 Å². The Kier molecular flexibility index (Phi) is 5.89. The molecule has 0 bridgehead atoms. The van der Waals surface area contributed by atoms with Crippen LogP contribution in [-0.2, 0) is 21.2 Å². The van der Waals surface area contributed by atoms with Gasteiger partial charge in [-0.05, 0) is 30.7 Å². The average molecular weight is 442 g/mol. The molecule has 1 aromatic carbocycles. The quantitative estimate of drug-likeness (QED) is 0.700. The number of hydrogen-bond donors (Lipinski definition) is 0. The Morgan fingerprint density at radius 1 is 1.13 bits per heavy atom. The summed E-state index contributed by atoms with van der Waals surface area (Å²) in [5.74, 6) is -2.66. The highest BCUT2D eigenvalue weighted by molar-refractivity contribution is 7.88. The predicted molar refractivity (Wildman–Crippen MR) is 110 cm³/mol. The van der Waals surface area contributed by atoms with Crippen LogP contribution in [0.1, 0.15) is 24.8 Å². The molecule has 3 aliphatic heterocycles. The van der Waals surface area contributed by atoms with Crippen molar-refractivity contribution < 1.29 is 22.0 Å². The van der Waals surface area contributed by atoms with E-state index in [9.17, 15) is 22.0 Å². The van der Waals surface area contributed by atoms with Gasteiger partial charge < -0.3 is 4.90 Å². The van der Waals surface area contributed by atoms with Gasteiger partial charge in [-0.15, -0.1) is 0 Å². The van der Waals surface area contributed by atoms with Crippen LogP contribution in [0.2, 0.25) is 0 Å². The molecule has 0 unspecified atom stereocenters. The summed E-state index contributed by atoms with van der Waals surface area (Å²) in [7, 11) is -3.32. The first-order valence-electron chi connectivity index (χ1n) is 10.5. The molecule has 1 atom stereocenters. The fourth-order valence-electron chi connectivity index (χ4n) is 4.87. The summed E-state index contributed by atoms with van der Waals surface area (Å²) >= 11 is 0. The summed E-state index contributed by atoms with van der Waals surface area (Å²) in [5.41, 5.74) is 1.28. The summed E-state index contributed by atoms with van der Waals surface area (Å²) in [6.07, 6.45) is 3.35. The second-order valence-corrected chi connectivity index (χ2v) is 10.9. The summed E-state index contributed by atoms with van der Waals surface area (Å²) in [6, 6.07) is 9.06. The molecule has 30 heavy (non-hydrogen) atoms. The molecule has 0 radical (unpaired) electrons. The number of carbonyl (C=O) groups is 1. The molecule has 6 nitrogen and oxygen atoms in total. The minimum Gasteiger partial charge on any atom is -0.341 e. The lowest BCUT2D eigenvalue weighted by molar-refractivity contribution is -0.139. The maximum absolute atomic E-state index is 14.2. The number of sulfonamides is 1. The first kappa shape index (κ1) is 21.6. The molecule has 3 fully saturated rings. The number of halogens is 2. The highest BCUT2D eigenvalue weighted by Crippen LogP contribution is 2.37. The third-order valence-corrected chi connectivity index (χ3v) is 7.89. The predicted octanol–water partition coefficient (Wildman–Crippen LogP) is 1.82. The van der Waals surface area contributed by atoms with Gasteiger partial charge in [0, 0.05) is 38.6 Å². The Labute approximate surface area is 176 Å². The molecule has 1 amide bonds. The second kappa shape index (κ2) is 8.16. The summed E-state index contributed by atoms with van der Waals surface area (Å²) in [6.45, 7) is 1.06. The van der Waals surface area contributed by atoms with Crippen LogP contribution in [-0.4, -0.2) is 85.4 Å². The van der Waals surface area contributed by atoms with E-state index in [0.29, 0.717) is 19.0 Å². The third kappa shape index (κ3) is 4.68. The van der Waals surface area contributed by atoms with Gasteiger partial charge in [0.2, 0.25) is 15.9 Å². The molecule has 0 aliphatic carbocycles. The van der Waals surface area contributed by atoms with Crippen LogP contribution >= 0.6 is 0 Å². The van der Waals surface area contributed by atoms with Gasteiger partial charge in [0.05, 0.1) is 18.8 Å². The fourth-order valence-corrected chi connectivity index (χ4v) is 5.75. The van der Waals surface area contributed by atoms with E-state index < -0.39 is 35.0 Å². The molecule has 4 rings (SSSR count). The maximum Gasteiger partial charge on any atom is 0.262 e. The molecule has 0 aromatic heterocycles. The lowest BCUT2D eigenvalue weighted by Crippen LogP contribution is -2.63. The van der Waals surface area contributed by atoms with Gasteiger partial charge in [-0.2, -0.15) is 4.31 Å². The van der Waals surface area contributed by atoms with Crippen LogP contribution in [0.5, 0.6) is 0 Å². The van der Waals surface area contributed by atoms with Gasteiger partial charge in [-0.25, -0.2) is 17.2 Å². The molecule has 3 saturated heterocycles. The van der Waals surface area contributed by atoms with E-state index in [1.54, 1.807) is 9.80 Å². The smallest absolute Gasteiger partial charge is 0.262 e. The Hall–Kier alpha value is -1.58. The first-order valence-corrected chi connectivity index (χ1v) is 12.4. The van der Waals surface area contributed by atoms with E-state index in [4.69, 9.17) is 0 Å². The molecular formula is C21H29F2N3O3S. The Morgan fingerprint density at radius 2 is 1.77 bits per heavy atom. The minimum absolute atomic E-state index is 0.178. The van der Waals surface area contributed by atoms with Crippen LogP contribution in [0.15, 0.2) is 30.3 Å². The molecule has 9 heteroatoms. The van der Waals surface area contributed by atoms with Crippen molar-refractivity contribution in [3.63, 3.8) is 0 Å². The maximum atomic E-state index is 14.2.